The van der Waals surface area contributed by atoms with Gasteiger partial charge in [-0.2, -0.15) is 0 Å². The summed E-state index contributed by atoms with van der Waals surface area (Å²) in [4.78, 5) is 56.3. The average molecular weight is 384 g/mol. The van der Waals surface area contributed by atoms with Crippen LogP contribution in [0.15, 0.2) is 18.2 Å². The number of hydrogen-bond donors (Lipinski definition) is 3. The number of ether oxygens (including phenoxy) is 4. The Hall–Kier alpha value is -3.83. The number of aliphatic carboxylic acids is 1. The van der Waals surface area contributed by atoms with Crippen molar-refractivity contribution in [3.05, 3.63) is 23.8 Å². The molecule has 0 aliphatic rings. The molecule has 0 aliphatic carbocycles. The van der Waals surface area contributed by atoms with Crippen molar-refractivity contribution in [2.24, 2.45) is 0 Å². The summed E-state index contributed by atoms with van der Waals surface area (Å²) in [6, 6.07) is 3.46. The van der Waals surface area contributed by atoms with Gasteiger partial charge in [0.25, 0.3) is 5.91 Å². The lowest BCUT2D eigenvalue weighted by Gasteiger charge is -2.11. The van der Waals surface area contributed by atoms with Gasteiger partial charge in [0.2, 0.25) is 5.91 Å². The summed E-state index contributed by atoms with van der Waals surface area (Å²) in [5.41, 5.74) is -0.0443. The van der Waals surface area contributed by atoms with Crippen molar-refractivity contribution in [3.63, 3.8) is 0 Å². The van der Waals surface area contributed by atoms with E-state index in [0.717, 1.165) is 26.4 Å². The maximum atomic E-state index is 12.1. The number of carbonyl (C=O) groups is 5. The summed E-state index contributed by atoms with van der Waals surface area (Å²) in [7, 11) is 2.12. The molecule has 0 aromatic heterocycles. The molecule has 0 unspecified atom stereocenters. The minimum atomic E-state index is -1.24. The fourth-order valence-electron chi connectivity index (χ4n) is 1.58. The minimum Gasteiger partial charge on any atom is -0.480 e. The second kappa shape index (κ2) is 10.2. The highest BCUT2D eigenvalue weighted by Crippen LogP contribution is 2.29. The van der Waals surface area contributed by atoms with Gasteiger partial charge in [-0.05, 0) is 18.2 Å². The number of carboxylic acid groups (broad SMARTS) is 1. The number of rotatable bonds is 7. The molecule has 0 radical (unpaired) electrons. The third-order valence-electron chi connectivity index (χ3n) is 2.77. The smallest absolute Gasteiger partial charge is 0.480 e. The number of hydrogen-bond acceptors (Lipinski definition) is 9. The van der Waals surface area contributed by atoms with Crippen molar-refractivity contribution in [3.8, 4) is 11.5 Å². The van der Waals surface area contributed by atoms with Gasteiger partial charge in [-0.1, -0.05) is 0 Å². The molecular formula is C15H16N2O10. The van der Waals surface area contributed by atoms with E-state index < -0.39 is 43.2 Å². The molecule has 0 fully saturated rings. The summed E-state index contributed by atoms with van der Waals surface area (Å²) >= 11 is 0. The van der Waals surface area contributed by atoms with E-state index in [4.69, 9.17) is 14.6 Å². The van der Waals surface area contributed by atoms with Crippen LogP contribution in [0.5, 0.6) is 11.5 Å². The van der Waals surface area contributed by atoms with Gasteiger partial charge in [0.15, 0.2) is 11.5 Å². The predicted octanol–water partition coefficient (Wildman–Crippen LogP) is -0.0924. The quantitative estimate of drug-likeness (QED) is 0.427. The third-order valence-corrected chi connectivity index (χ3v) is 2.77. The van der Waals surface area contributed by atoms with Crippen LogP contribution in [0.2, 0.25) is 0 Å². The van der Waals surface area contributed by atoms with Crippen molar-refractivity contribution >= 4 is 30.1 Å². The van der Waals surface area contributed by atoms with Gasteiger partial charge < -0.3 is 34.7 Å². The van der Waals surface area contributed by atoms with E-state index in [1.165, 1.54) is 6.07 Å². The number of nitrogens with one attached hydrogen (secondary N) is 2. The van der Waals surface area contributed by atoms with Crippen LogP contribution in [-0.2, 0) is 19.1 Å². The first kappa shape index (κ1) is 21.2. The van der Waals surface area contributed by atoms with Crippen molar-refractivity contribution in [1.29, 1.82) is 0 Å². The summed E-state index contributed by atoms with van der Waals surface area (Å²) < 4.78 is 18.2. The van der Waals surface area contributed by atoms with E-state index in [-0.39, 0.29) is 17.1 Å². The van der Waals surface area contributed by atoms with E-state index in [1.807, 2.05) is 0 Å². The SMILES string of the molecule is COC(=O)Oc1ccc(C(=O)NCC(=O)NCC(=O)O)cc1OC(=O)OC. The average Bonchev–Trinajstić information content (AvgIpc) is 2.65. The molecular weight excluding hydrogens is 368 g/mol. The lowest BCUT2D eigenvalue weighted by atomic mass is 10.2. The van der Waals surface area contributed by atoms with E-state index in [1.54, 1.807) is 0 Å². The van der Waals surface area contributed by atoms with Crippen LogP contribution in [0.3, 0.4) is 0 Å². The Labute approximate surface area is 152 Å². The number of amides is 2. The van der Waals surface area contributed by atoms with Crippen molar-refractivity contribution in [2.75, 3.05) is 27.3 Å². The topological polar surface area (TPSA) is 167 Å². The van der Waals surface area contributed by atoms with Gasteiger partial charge in [-0.15, -0.1) is 0 Å². The van der Waals surface area contributed by atoms with Gasteiger partial charge >= 0.3 is 18.3 Å². The minimum absolute atomic E-state index is 0.0443. The molecule has 146 valence electrons. The monoisotopic (exact) mass is 384 g/mol. The second-order valence-electron chi connectivity index (χ2n) is 4.63. The van der Waals surface area contributed by atoms with Crippen molar-refractivity contribution in [1.82, 2.24) is 10.6 Å². The Kier molecular flexibility index (Phi) is 8.03. The van der Waals surface area contributed by atoms with E-state index in [0.29, 0.717) is 0 Å². The number of methoxy groups -OCH3 is 2. The maximum absolute atomic E-state index is 12.1. The number of benzene rings is 1. The molecule has 1 aromatic carbocycles. The highest BCUT2D eigenvalue weighted by atomic mass is 16.7. The van der Waals surface area contributed by atoms with E-state index in [2.05, 4.69) is 20.1 Å². The highest BCUT2D eigenvalue weighted by Gasteiger charge is 2.18. The van der Waals surface area contributed by atoms with E-state index >= 15 is 0 Å². The van der Waals surface area contributed by atoms with Crippen LogP contribution in [0.1, 0.15) is 10.4 Å². The standard InChI is InChI=1S/C15H16N2O10/c1-24-14(22)26-9-4-3-8(5-10(9)27-15(23)25-2)13(21)17-6-11(18)16-7-12(19)20/h3-5H,6-7H2,1-2H3,(H,16,18)(H,17,21)(H,19,20). The fraction of sp³-hybridized carbons (Fsp3) is 0.267. The Morgan fingerprint density at radius 2 is 1.48 bits per heavy atom. The van der Waals surface area contributed by atoms with Gasteiger partial charge in [0.05, 0.1) is 20.8 Å². The lowest BCUT2D eigenvalue weighted by molar-refractivity contribution is -0.137. The van der Waals surface area contributed by atoms with Crippen LogP contribution in [-0.4, -0.2) is 62.5 Å². The molecule has 0 saturated heterocycles. The summed E-state index contributed by atoms with van der Waals surface area (Å²) in [6.07, 6.45) is -2.22. The number of carboxylic acids is 1. The van der Waals surface area contributed by atoms with Crippen molar-refractivity contribution < 1.29 is 48.0 Å². The van der Waals surface area contributed by atoms with Crippen LogP contribution < -0.4 is 20.1 Å². The van der Waals surface area contributed by atoms with Crippen molar-refractivity contribution in [2.45, 2.75) is 0 Å². The summed E-state index contributed by atoms with van der Waals surface area (Å²) in [6.45, 7) is -1.08. The Morgan fingerprint density at radius 3 is 2.04 bits per heavy atom. The maximum Gasteiger partial charge on any atom is 0.513 e. The zero-order valence-electron chi connectivity index (χ0n) is 14.3. The molecule has 12 heteroatoms. The summed E-state index contributed by atoms with van der Waals surface area (Å²) in [5.74, 6) is -3.22. The molecule has 2 amide bonds. The lowest BCUT2D eigenvalue weighted by Crippen LogP contribution is -2.39. The molecule has 27 heavy (non-hydrogen) atoms. The molecule has 0 heterocycles. The van der Waals surface area contributed by atoms with Crippen LogP contribution >= 0.6 is 0 Å². The van der Waals surface area contributed by atoms with Crippen LogP contribution in [0.25, 0.3) is 0 Å². The first-order valence-electron chi connectivity index (χ1n) is 7.19. The Morgan fingerprint density at radius 1 is 0.889 bits per heavy atom. The number of carbonyl (C=O) groups excluding carboxylic acids is 4. The van der Waals surface area contributed by atoms with Gasteiger partial charge in [-0.3, -0.25) is 14.4 Å². The zero-order valence-corrected chi connectivity index (χ0v) is 14.3. The second-order valence-corrected chi connectivity index (χ2v) is 4.63. The molecule has 0 bridgehead atoms. The molecule has 3 N–H and O–H groups in total. The van der Waals surface area contributed by atoms with Gasteiger partial charge in [0, 0.05) is 5.56 Å². The van der Waals surface area contributed by atoms with Crippen LogP contribution in [0.4, 0.5) is 9.59 Å². The van der Waals surface area contributed by atoms with E-state index in [9.17, 15) is 24.0 Å². The normalized spacial score (nSPS) is 9.56. The first-order valence-corrected chi connectivity index (χ1v) is 7.19. The summed E-state index contributed by atoms with van der Waals surface area (Å²) in [5, 5.41) is 12.7. The first-order chi connectivity index (χ1) is 12.8. The Balaban J connectivity index is 2.87. The highest BCUT2D eigenvalue weighted by molar-refractivity contribution is 5.97. The largest absolute Gasteiger partial charge is 0.513 e. The van der Waals surface area contributed by atoms with Gasteiger partial charge in [-0.25, -0.2) is 9.59 Å². The Bertz CT molecular complexity index is 746. The molecule has 1 rings (SSSR count). The zero-order chi connectivity index (χ0) is 20.4. The molecule has 0 atom stereocenters. The van der Waals surface area contributed by atoms with Crippen LogP contribution in [0, 0.1) is 0 Å². The molecule has 0 aliphatic heterocycles. The molecule has 1 aromatic rings. The van der Waals surface area contributed by atoms with Gasteiger partial charge in [0.1, 0.15) is 6.54 Å². The predicted molar refractivity (Wildman–Crippen MR) is 85.5 cm³/mol. The fourth-order valence-corrected chi connectivity index (χ4v) is 1.58. The molecule has 0 spiro atoms. The third kappa shape index (κ3) is 7.29. The molecule has 12 nitrogen and oxygen atoms in total. The molecule has 0 saturated carbocycles.